The van der Waals surface area contributed by atoms with Crippen molar-refractivity contribution in [1.29, 1.82) is 0 Å². The fourth-order valence-corrected chi connectivity index (χ4v) is 3.35. The van der Waals surface area contributed by atoms with E-state index < -0.39 is 0 Å². The van der Waals surface area contributed by atoms with Crippen LogP contribution in [0.15, 0.2) is 152 Å². The summed E-state index contributed by atoms with van der Waals surface area (Å²) < 4.78 is 14.7. The third-order valence-corrected chi connectivity index (χ3v) is 5.87. The van der Waals surface area contributed by atoms with Crippen LogP contribution in [0.4, 0.5) is 0 Å². The van der Waals surface area contributed by atoms with Gasteiger partial charge in [0.15, 0.2) is 0 Å². The van der Waals surface area contributed by atoms with Gasteiger partial charge >= 0.3 is 0 Å². The van der Waals surface area contributed by atoms with E-state index in [1.807, 2.05) is 103 Å². The van der Waals surface area contributed by atoms with Crippen molar-refractivity contribution in [3.8, 4) is 17.2 Å². The molecule has 0 saturated carbocycles. The highest BCUT2D eigenvalue weighted by Crippen LogP contribution is 2.12. The second-order valence-electron chi connectivity index (χ2n) is 9.68. The topological polar surface area (TPSA) is 27.7 Å². The van der Waals surface area contributed by atoms with Gasteiger partial charge in [0.05, 0.1) is 21.3 Å². The molecular weight excluding hydrogens is 516 g/mol. The van der Waals surface area contributed by atoms with E-state index in [1.165, 1.54) is 11.1 Å². The zero-order valence-electron chi connectivity index (χ0n) is 26.3. The fraction of sp³-hybridized carbons (Fsp3) is 0.231. The SMILES string of the molecule is CC(C)c1ccccc1.CC(C)c1ccccc1.COc1ccccc1.COc1ccccc1.COc1ccccc1. The van der Waals surface area contributed by atoms with Crippen molar-refractivity contribution in [3.63, 3.8) is 0 Å². The Kier molecular flexibility index (Phi) is 19.6. The minimum atomic E-state index is 0.659. The standard InChI is InChI=1S/2C9H12.3C7H8O/c2*1-8(2)9-6-4-3-5-7-9;3*1-8-7-5-3-2-4-6-7/h2*3-8H,1-2H3;3*2-6H,1H3. The molecule has 5 aromatic carbocycles. The third kappa shape index (κ3) is 17.2. The Balaban J connectivity index is 0.000000263. The van der Waals surface area contributed by atoms with Crippen molar-refractivity contribution in [3.05, 3.63) is 163 Å². The van der Waals surface area contributed by atoms with Gasteiger partial charge in [-0.3, -0.25) is 0 Å². The van der Waals surface area contributed by atoms with Crippen LogP contribution in [-0.4, -0.2) is 21.3 Å². The predicted octanol–water partition coefficient (Wildman–Crippen LogP) is 10.7. The summed E-state index contributed by atoms with van der Waals surface area (Å²) in [5.74, 6) is 4.05. The molecule has 0 fully saturated rings. The monoisotopic (exact) mass is 564 g/mol. The Labute approximate surface area is 254 Å². The van der Waals surface area contributed by atoms with Crippen LogP contribution >= 0.6 is 0 Å². The molecule has 0 radical (unpaired) electrons. The summed E-state index contributed by atoms with van der Waals surface area (Å²) in [5, 5.41) is 0. The van der Waals surface area contributed by atoms with Crippen LogP contribution in [0.2, 0.25) is 0 Å². The van der Waals surface area contributed by atoms with E-state index in [9.17, 15) is 0 Å². The Morgan fingerprint density at radius 2 is 0.500 bits per heavy atom. The first-order chi connectivity index (χ1) is 20.4. The number of hydrogen-bond acceptors (Lipinski definition) is 3. The van der Waals surface area contributed by atoms with Crippen molar-refractivity contribution >= 4 is 0 Å². The molecule has 42 heavy (non-hydrogen) atoms. The summed E-state index contributed by atoms with van der Waals surface area (Å²) in [6.45, 7) is 8.81. The average molecular weight is 565 g/mol. The van der Waals surface area contributed by atoms with Crippen LogP contribution < -0.4 is 14.2 Å². The van der Waals surface area contributed by atoms with Crippen molar-refractivity contribution in [2.45, 2.75) is 39.5 Å². The molecule has 0 aliphatic carbocycles. The molecule has 0 atom stereocenters. The summed E-state index contributed by atoms with van der Waals surface area (Å²) in [4.78, 5) is 0. The first-order valence-electron chi connectivity index (χ1n) is 14.3. The summed E-state index contributed by atoms with van der Waals surface area (Å²) in [7, 11) is 4.99. The lowest BCUT2D eigenvalue weighted by Gasteiger charge is -2.01. The molecule has 5 aromatic rings. The first kappa shape index (κ1) is 35.5. The lowest BCUT2D eigenvalue weighted by atomic mass is 10.0. The molecule has 0 aromatic heterocycles. The van der Waals surface area contributed by atoms with Crippen molar-refractivity contribution in [2.24, 2.45) is 0 Å². The van der Waals surface area contributed by atoms with Crippen molar-refractivity contribution in [2.75, 3.05) is 21.3 Å². The van der Waals surface area contributed by atoms with Crippen LogP contribution in [-0.2, 0) is 0 Å². The van der Waals surface area contributed by atoms with Crippen LogP contribution in [0.3, 0.4) is 0 Å². The number of rotatable bonds is 5. The molecule has 0 heterocycles. The Morgan fingerprint density at radius 3 is 0.619 bits per heavy atom. The van der Waals surface area contributed by atoms with Crippen LogP contribution in [0.5, 0.6) is 17.2 Å². The molecule has 0 unspecified atom stereocenters. The van der Waals surface area contributed by atoms with Gasteiger partial charge in [0.2, 0.25) is 0 Å². The van der Waals surface area contributed by atoms with E-state index in [1.54, 1.807) is 21.3 Å². The van der Waals surface area contributed by atoms with E-state index in [4.69, 9.17) is 14.2 Å². The Hall–Kier alpha value is -4.50. The summed E-state index contributed by atoms with van der Waals surface area (Å²) in [6, 6.07) is 50.1. The van der Waals surface area contributed by atoms with Gasteiger partial charge in [-0.25, -0.2) is 0 Å². The van der Waals surface area contributed by atoms with Crippen molar-refractivity contribution < 1.29 is 14.2 Å². The van der Waals surface area contributed by atoms with Gasteiger partial charge in [0.25, 0.3) is 0 Å². The van der Waals surface area contributed by atoms with E-state index >= 15 is 0 Å². The second-order valence-corrected chi connectivity index (χ2v) is 9.68. The molecule has 3 nitrogen and oxygen atoms in total. The molecule has 0 aliphatic heterocycles. The molecule has 0 bridgehead atoms. The van der Waals surface area contributed by atoms with Crippen LogP contribution in [0.1, 0.15) is 50.7 Å². The molecule has 0 N–H and O–H groups in total. The average Bonchev–Trinajstić information content (AvgIpc) is 3.08. The van der Waals surface area contributed by atoms with Crippen LogP contribution in [0.25, 0.3) is 0 Å². The maximum Gasteiger partial charge on any atom is 0.118 e. The normalized spacial score (nSPS) is 9.26. The zero-order valence-corrected chi connectivity index (χ0v) is 26.3. The number of hydrogen-bond donors (Lipinski definition) is 0. The smallest absolute Gasteiger partial charge is 0.118 e. The summed E-state index contributed by atoms with van der Waals surface area (Å²) in [5.41, 5.74) is 2.83. The van der Waals surface area contributed by atoms with Gasteiger partial charge in [-0.15, -0.1) is 0 Å². The van der Waals surface area contributed by atoms with E-state index in [0.29, 0.717) is 11.8 Å². The quantitative estimate of drug-likeness (QED) is 0.212. The highest BCUT2D eigenvalue weighted by molar-refractivity contribution is 5.22. The molecule has 3 heteroatoms. The second kappa shape index (κ2) is 23.2. The lowest BCUT2D eigenvalue weighted by molar-refractivity contribution is 0.414. The highest BCUT2D eigenvalue weighted by Gasteiger charge is 1.94. The summed E-state index contributed by atoms with van der Waals surface area (Å²) >= 11 is 0. The molecule has 0 amide bonds. The molecule has 222 valence electrons. The maximum absolute atomic E-state index is 4.91. The minimum Gasteiger partial charge on any atom is -0.497 e. The van der Waals surface area contributed by atoms with Crippen molar-refractivity contribution in [1.82, 2.24) is 0 Å². The van der Waals surface area contributed by atoms with Crippen LogP contribution in [0, 0.1) is 0 Å². The lowest BCUT2D eigenvalue weighted by Crippen LogP contribution is -1.83. The number of methoxy groups -OCH3 is 3. The van der Waals surface area contributed by atoms with E-state index in [0.717, 1.165) is 17.2 Å². The first-order valence-corrected chi connectivity index (χ1v) is 14.3. The van der Waals surface area contributed by atoms with Gasteiger partial charge in [0, 0.05) is 0 Å². The predicted molar refractivity (Wildman–Crippen MR) is 180 cm³/mol. The highest BCUT2D eigenvalue weighted by atomic mass is 16.5. The van der Waals surface area contributed by atoms with E-state index in [2.05, 4.69) is 76.2 Å². The Morgan fingerprint density at radius 1 is 0.310 bits per heavy atom. The van der Waals surface area contributed by atoms with Gasteiger partial charge in [-0.1, -0.05) is 143 Å². The van der Waals surface area contributed by atoms with Gasteiger partial charge in [-0.05, 0) is 59.4 Å². The molecule has 0 aliphatic rings. The fourth-order valence-electron chi connectivity index (χ4n) is 3.35. The largest absolute Gasteiger partial charge is 0.497 e. The van der Waals surface area contributed by atoms with Gasteiger partial charge < -0.3 is 14.2 Å². The summed E-state index contributed by atoms with van der Waals surface area (Å²) in [6.07, 6.45) is 0. The molecule has 0 spiro atoms. The molecule has 5 rings (SSSR count). The number of benzene rings is 5. The number of ether oxygens (including phenoxy) is 3. The molecule has 0 saturated heterocycles. The van der Waals surface area contributed by atoms with Gasteiger partial charge in [0.1, 0.15) is 17.2 Å². The zero-order chi connectivity index (χ0) is 30.8. The minimum absolute atomic E-state index is 0.659. The van der Waals surface area contributed by atoms with Gasteiger partial charge in [-0.2, -0.15) is 0 Å². The molecular formula is C39H48O3. The Bertz CT molecular complexity index is 1100. The third-order valence-electron chi connectivity index (χ3n) is 5.87. The maximum atomic E-state index is 4.91. The number of para-hydroxylation sites is 3. The van der Waals surface area contributed by atoms with E-state index in [-0.39, 0.29) is 0 Å².